The number of nitrogens with zero attached hydrogens (tertiary/aromatic N) is 2. The van der Waals surface area contributed by atoms with Crippen molar-refractivity contribution in [1.82, 2.24) is 4.90 Å². The Hall–Kier alpha value is -2.47. The van der Waals surface area contributed by atoms with Crippen molar-refractivity contribution in [2.45, 2.75) is 32.1 Å². The van der Waals surface area contributed by atoms with Crippen LogP contribution in [0, 0.1) is 6.92 Å². The van der Waals surface area contributed by atoms with Gasteiger partial charge in [-0.15, -0.1) is 6.58 Å². The number of benzene rings is 2. The molecule has 0 fully saturated rings. The van der Waals surface area contributed by atoms with Crippen LogP contribution in [-0.4, -0.2) is 54.2 Å². The van der Waals surface area contributed by atoms with Crippen LogP contribution in [0.25, 0.3) is 0 Å². The molecule has 0 saturated heterocycles. The van der Waals surface area contributed by atoms with Crippen LogP contribution in [0.15, 0.2) is 72.4 Å². The molecule has 5 nitrogen and oxygen atoms in total. The lowest BCUT2D eigenvalue weighted by Crippen LogP contribution is -2.39. The number of oxime groups is 1. The summed E-state index contributed by atoms with van der Waals surface area (Å²) >= 11 is 0. The van der Waals surface area contributed by atoms with Crippen molar-refractivity contribution in [2.24, 2.45) is 5.16 Å². The highest BCUT2D eigenvalue weighted by Gasteiger charge is 2.26. The summed E-state index contributed by atoms with van der Waals surface area (Å²) in [5.74, 6) is 0. The maximum atomic E-state index is 10.4. The first-order valence-corrected chi connectivity index (χ1v) is 10.1. The van der Waals surface area contributed by atoms with Crippen molar-refractivity contribution in [2.75, 3.05) is 26.3 Å². The number of aryl methyl sites for hydroxylation is 1. The number of rotatable bonds is 11. The second kappa shape index (κ2) is 10.9. The van der Waals surface area contributed by atoms with Crippen LogP contribution >= 0.6 is 0 Å². The summed E-state index contributed by atoms with van der Waals surface area (Å²) in [5.41, 5.74) is 4.53. The Morgan fingerprint density at radius 1 is 1.24 bits per heavy atom. The smallest absolute Gasteiger partial charge is 0.145 e. The van der Waals surface area contributed by atoms with Crippen LogP contribution in [0.5, 0.6) is 0 Å². The molecule has 154 valence electrons. The van der Waals surface area contributed by atoms with Crippen molar-refractivity contribution in [3.05, 3.63) is 83.9 Å². The van der Waals surface area contributed by atoms with E-state index in [0.29, 0.717) is 19.7 Å². The Morgan fingerprint density at radius 2 is 2.00 bits per heavy atom. The topological polar surface area (TPSA) is 54.3 Å². The molecule has 5 heteroatoms. The van der Waals surface area contributed by atoms with Crippen LogP contribution in [0.4, 0.5) is 0 Å². The number of aliphatic hydroxyl groups excluding tert-OH is 1. The number of aliphatic hydroxyl groups is 1. The third-order valence-corrected chi connectivity index (χ3v) is 4.91. The average molecular weight is 395 g/mol. The first kappa shape index (κ1) is 21.2. The Kier molecular flexibility index (Phi) is 7.99. The van der Waals surface area contributed by atoms with Gasteiger partial charge in [-0.3, -0.25) is 4.90 Å². The quantitative estimate of drug-likeness (QED) is 0.468. The van der Waals surface area contributed by atoms with Crippen LogP contribution in [0.1, 0.15) is 23.1 Å². The fourth-order valence-electron chi connectivity index (χ4n) is 3.55. The molecule has 0 bridgehead atoms. The summed E-state index contributed by atoms with van der Waals surface area (Å²) in [6.07, 6.45) is 1.84. The largest absolute Gasteiger partial charge is 0.390 e. The van der Waals surface area contributed by atoms with E-state index in [1.807, 2.05) is 30.3 Å². The SMILES string of the molecule is C=CCOC[C@@H](O)CN(Cc1ccccc1)C[C@@H]1CC(c2ccccc2C)=NO1. The summed E-state index contributed by atoms with van der Waals surface area (Å²) < 4.78 is 5.41. The monoisotopic (exact) mass is 394 g/mol. The van der Waals surface area contributed by atoms with Gasteiger partial charge >= 0.3 is 0 Å². The van der Waals surface area contributed by atoms with Gasteiger partial charge in [0.15, 0.2) is 0 Å². The van der Waals surface area contributed by atoms with Crippen molar-refractivity contribution in [1.29, 1.82) is 0 Å². The van der Waals surface area contributed by atoms with Gasteiger partial charge in [0.05, 0.1) is 25.0 Å². The zero-order chi connectivity index (χ0) is 20.5. The van der Waals surface area contributed by atoms with E-state index in [-0.39, 0.29) is 12.7 Å². The third-order valence-electron chi connectivity index (χ3n) is 4.91. The molecular weight excluding hydrogens is 364 g/mol. The Bertz CT molecular complexity index is 807. The molecule has 1 N–H and O–H groups in total. The predicted octanol–water partition coefficient (Wildman–Crippen LogP) is 3.55. The molecule has 1 heterocycles. The molecule has 0 radical (unpaired) electrons. The maximum Gasteiger partial charge on any atom is 0.145 e. The molecule has 2 aromatic rings. The lowest BCUT2D eigenvalue weighted by Gasteiger charge is -2.27. The van der Waals surface area contributed by atoms with E-state index in [9.17, 15) is 5.11 Å². The molecule has 1 aliphatic heterocycles. The molecule has 0 aliphatic carbocycles. The molecule has 2 atom stereocenters. The fourth-order valence-corrected chi connectivity index (χ4v) is 3.55. The molecule has 2 aromatic carbocycles. The Balaban J connectivity index is 1.60. The van der Waals surface area contributed by atoms with E-state index in [1.54, 1.807) is 6.08 Å². The minimum absolute atomic E-state index is 0.0328. The van der Waals surface area contributed by atoms with Crippen molar-refractivity contribution >= 4 is 5.71 Å². The number of hydrogen-bond acceptors (Lipinski definition) is 5. The van der Waals surface area contributed by atoms with E-state index in [4.69, 9.17) is 9.57 Å². The predicted molar refractivity (Wildman–Crippen MR) is 116 cm³/mol. The first-order valence-electron chi connectivity index (χ1n) is 10.1. The molecule has 0 aromatic heterocycles. The van der Waals surface area contributed by atoms with Gasteiger partial charge in [-0.05, 0) is 18.1 Å². The molecule has 0 amide bonds. The van der Waals surface area contributed by atoms with Gasteiger partial charge in [-0.1, -0.05) is 65.8 Å². The summed E-state index contributed by atoms with van der Waals surface area (Å²) in [7, 11) is 0. The van der Waals surface area contributed by atoms with Gasteiger partial charge in [0, 0.05) is 31.6 Å². The number of ether oxygens (including phenoxy) is 1. The summed E-state index contributed by atoms with van der Waals surface area (Å²) in [4.78, 5) is 7.95. The van der Waals surface area contributed by atoms with Crippen LogP contribution < -0.4 is 0 Å². The second-order valence-corrected chi connectivity index (χ2v) is 7.44. The van der Waals surface area contributed by atoms with E-state index in [1.165, 1.54) is 11.1 Å². The summed E-state index contributed by atoms with van der Waals surface area (Å²) in [6.45, 7) is 8.38. The average Bonchev–Trinajstić information content (AvgIpc) is 3.17. The minimum Gasteiger partial charge on any atom is -0.390 e. The zero-order valence-electron chi connectivity index (χ0n) is 17.0. The standard InChI is InChI=1S/C24H30N2O3/c1-3-13-28-18-21(27)16-26(15-20-10-5-4-6-11-20)17-22-14-24(25-29-22)23-12-8-7-9-19(23)2/h3-12,21-22,27H,1,13-18H2,2H3/t21-,22-/m0/s1. The van der Waals surface area contributed by atoms with Gasteiger partial charge in [0.25, 0.3) is 0 Å². The highest BCUT2D eigenvalue weighted by molar-refractivity contribution is 6.02. The lowest BCUT2D eigenvalue weighted by atomic mass is 10.00. The molecule has 3 rings (SSSR count). The molecule has 1 aliphatic rings. The summed E-state index contributed by atoms with van der Waals surface area (Å²) in [5, 5.41) is 14.7. The van der Waals surface area contributed by atoms with Crippen LogP contribution in [0.2, 0.25) is 0 Å². The Morgan fingerprint density at radius 3 is 2.76 bits per heavy atom. The van der Waals surface area contributed by atoms with Gasteiger partial charge in [-0.2, -0.15) is 0 Å². The fraction of sp³-hybridized carbons (Fsp3) is 0.375. The molecule has 0 saturated carbocycles. The highest BCUT2D eigenvalue weighted by atomic mass is 16.6. The normalized spacial score (nSPS) is 17.1. The van der Waals surface area contributed by atoms with Crippen molar-refractivity contribution in [3.8, 4) is 0 Å². The molecule has 0 spiro atoms. The van der Waals surface area contributed by atoms with Crippen LogP contribution in [-0.2, 0) is 16.1 Å². The van der Waals surface area contributed by atoms with E-state index in [2.05, 4.69) is 47.8 Å². The van der Waals surface area contributed by atoms with Crippen molar-refractivity contribution in [3.63, 3.8) is 0 Å². The highest BCUT2D eigenvalue weighted by Crippen LogP contribution is 2.20. The molecular formula is C24H30N2O3. The summed E-state index contributed by atoms with van der Waals surface area (Å²) in [6, 6.07) is 18.5. The Labute approximate surface area is 173 Å². The van der Waals surface area contributed by atoms with Gasteiger partial charge in [0.2, 0.25) is 0 Å². The minimum atomic E-state index is -0.572. The molecule has 0 unspecified atom stereocenters. The zero-order valence-corrected chi connectivity index (χ0v) is 17.0. The number of hydrogen-bond donors (Lipinski definition) is 1. The van der Waals surface area contributed by atoms with Gasteiger partial charge in [-0.25, -0.2) is 0 Å². The van der Waals surface area contributed by atoms with Crippen LogP contribution in [0.3, 0.4) is 0 Å². The first-order chi connectivity index (χ1) is 14.2. The second-order valence-electron chi connectivity index (χ2n) is 7.44. The van der Waals surface area contributed by atoms with Gasteiger partial charge in [0.1, 0.15) is 6.10 Å². The van der Waals surface area contributed by atoms with Gasteiger partial charge < -0.3 is 14.7 Å². The van der Waals surface area contributed by atoms with E-state index < -0.39 is 6.10 Å². The van der Waals surface area contributed by atoms with E-state index in [0.717, 1.165) is 24.2 Å². The third kappa shape index (κ3) is 6.53. The van der Waals surface area contributed by atoms with E-state index >= 15 is 0 Å². The van der Waals surface area contributed by atoms with Crippen molar-refractivity contribution < 1.29 is 14.7 Å². The molecule has 29 heavy (non-hydrogen) atoms. The maximum absolute atomic E-state index is 10.4. The lowest BCUT2D eigenvalue weighted by molar-refractivity contribution is 0.00336.